The van der Waals surface area contributed by atoms with Gasteiger partial charge in [0.25, 0.3) is 0 Å². The highest BCUT2D eigenvalue weighted by Gasteiger charge is 2.27. The second kappa shape index (κ2) is 4.61. The first-order valence-corrected chi connectivity index (χ1v) is 5.09. The first kappa shape index (κ1) is 10.5. The van der Waals surface area contributed by atoms with Gasteiger partial charge in [0.2, 0.25) is 5.91 Å². The maximum atomic E-state index is 11.4. The highest BCUT2D eigenvalue weighted by atomic mass is 16.2. The van der Waals surface area contributed by atoms with E-state index in [1.165, 1.54) is 12.8 Å². The van der Waals surface area contributed by atoms with Gasteiger partial charge in [-0.25, -0.2) is 5.43 Å². The minimum absolute atomic E-state index is 0.190. The molecule has 0 spiro atoms. The fourth-order valence-electron chi connectivity index (χ4n) is 1.54. The first-order valence-electron chi connectivity index (χ1n) is 5.09. The second-order valence-electron chi connectivity index (χ2n) is 4.03. The van der Waals surface area contributed by atoms with Gasteiger partial charge in [-0.3, -0.25) is 9.80 Å². The number of nitrogens with zero attached hydrogens (tertiary/aromatic N) is 1. The molecule has 0 unspecified atom stereocenters. The van der Waals surface area contributed by atoms with Crippen LogP contribution in [0.4, 0.5) is 0 Å². The van der Waals surface area contributed by atoms with E-state index in [-0.39, 0.29) is 5.91 Å². The molecule has 0 aromatic carbocycles. The molecule has 1 aliphatic carbocycles. The van der Waals surface area contributed by atoms with Crippen LogP contribution in [0.25, 0.3) is 0 Å². The van der Waals surface area contributed by atoms with Crippen molar-refractivity contribution >= 4 is 5.91 Å². The molecular formula is C10H20N2O. The average Bonchev–Trinajstić information content (AvgIpc) is 2.95. The lowest BCUT2D eigenvalue weighted by Gasteiger charge is -2.16. The Morgan fingerprint density at radius 3 is 2.69 bits per heavy atom. The summed E-state index contributed by atoms with van der Waals surface area (Å²) in [5, 5.41) is 1.56. The molecule has 0 radical (unpaired) electrons. The Hall–Kier alpha value is -0.570. The summed E-state index contributed by atoms with van der Waals surface area (Å²) in [7, 11) is 3.53. The van der Waals surface area contributed by atoms with Gasteiger partial charge in [0.15, 0.2) is 0 Å². The molecule has 1 atom stereocenters. The topological polar surface area (TPSA) is 32.3 Å². The van der Waals surface area contributed by atoms with Crippen molar-refractivity contribution in [2.24, 2.45) is 11.8 Å². The second-order valence-corrected chi connectivity index (χ2v) is 4.03. The standard InChI is InChI=1S/C10H20N2O/c1-8(9-5-6-9)4-7-10(13)12(3)11-2/h8-9,11H,4-7H2,1-3H3/t8-/m0/s1. The lowest BCUT2D eigenvalue weighted by molar-refractivity contribution is -0.132. The van der Waals surface area contributed by atoms with Crippen LogP contribution in [0.5, 0.6) is 0 Å². The van der Waals surface area contributed by atoms with Gasteiger partial charge in [-0.15, -0.1) is 0 Å². The number of hydrogen-bond acceptors (Lipinski definition) is 2. The molecule has 1 saturated carbocycles. The predicted molar refractivity (Wildman–Crippen MR) is 53.0 cm³/mol. The monoisotopic (exact) mass is 184 g/mol. The molecule has 13 heavy (non-hydrogen) atoms. The van der Waals surface area contributed by atoms with E-state index in [2.05, 4.69) is 12.3 Å². The van der Waals surface area contributed by atoms with Crippen LogP contribution < -0.4 is 5.43 Å². The Labute approximate surface area is 80.5 Å². The van der Waals surface area contributed by atoms with Crippen molar-refractivity contribution in [3.05, 3.63) is 0 Å². The van der Waals surface area contributed by atoms with E-state index in [1.54, 1.807) is 19.1 Å². The lowest BCUT2D eigenvalue weighted by atomic mass is 10.0. The zero-order valence-corrected chi connectivity index (χ0v) is 8.84. The van der Waals surface area contributed by atoms with Gasteiger partial charge < -0.3 is 0 Å². The summed E-state index contributed by atoms with van der Waals surface area (Å²) in [4.78, 5) is 11.4. The number of hydrazine groups is 1. The van der Waals surface area contributed by atoms with E-state index in [1.807, 2.05) is 0 Å². The van der Waals surface area contributed by atoms with E-state index in [0.29, 0.717) is 6.42 Å². The van der Waals surface area contributed by atoms with E-state index in [4.69, 9.17) is 0 Å². The number of hydrogen-bond donors (Lipinski definition) is 1. The van der Waals surface area contributed by atoms with Gasteiger partial charge in [-0.2, -0.15) is 0 Å². The molecule has 3 nitrogen and oxygen atoms in total. The highest BCUT2D eigenvalue weighted by Crippen LogP contribution is 2.38. The summed E-state index contributed by atoms with van der Waals surface area (Å²) in [5.74, 6) is 1.83. The van der Waals surface area contributed by atoms with Crippen LogP contribution in [-0.4, -0.2) is 25.0 Å². The van der Waals surface area contributed by atoms with Crippen molar-refractivity contribution in [2.75, 3.05) is 14.1 Å². The molecule has 0 aromatic heterocycles. The average molecular weight is 184 g/mol. The Bertz CT molecular complexity index is 178. The number of nitrogens with one attached hydrogen (secondary N) is 1. The molecule has 76 valence electrons. The molecule has 1 N–H and O–H groups in total. The molecule has 1 rings (SSSR count). The van der Waals surface area contributed by atoms with Gasteiger partial charge >= 0.3 is 0 Å². The molecule has 0 aromatic rings. The molecule has 3 heteroatoms. The fraction of sp³-hybridized carbons (Fsp3) is 0.900. The van der Waals surface area contributed by atoms with Gasteiger partial charge in [-0.1, -0.05) is 6.92 Å². The largest absolute Gasteiger partial charge is 0.281 e. The SMILES string of the molecule is CNN(C)C(=O)CC[C@H](C)C1CC1. The normalized spacial score (nSPS) is 18.4. The van der Waals surface area contributed by atoms with Crippen LogP contribution >= 0.6 is 0 Å². The van der Waals surface area contributed by atoms with Crippen LogP contribution in [0.2, 0.25) is 0 Å². The third-order valence-electron chi connectivity index (χ3n) is 2.95. The molecule has 0 bridgehead atoms. The maximum absolute atomic E-state index is 11.4. The Morgan fingerprint density at radius 1 is 1.62 bits per heavy atom. The van der Waals surface area contributed by atoms with Crippen molar-refractivity contribution in [3.63, 3.8) is 0 Å². The Kier molecular flexibility index (Phi) is 3.72. The summed E-state index contributed by atoms with van der Waals surface area (Å²) in [5.41, 5.74) is 2.82. The molecule has 0 saturated heterocycles. The summed E-state index contributed by atoms with van der Waals surface area (Å²) in [6.07, 6.45) is 4.46. The zero-order chi connectivity index (χ0) is 9.84. The summed E-state index contributed by atoms with van der Waals surface area (Å²) in [6, 6.07) is 0. The fourth-order valence-corrected chi connectivity index (χ4v) is 1.54. The number of amides is 1. The molecule has 0 heterocycles. The first-order chi connectivity index (χ1) is 6.15. The third-order valence-corrected chi connectivity index (χ3v) is 2.95. The highest BCUT2D eigenvalue weighted by molar-refractivity contribution is 5.75. The summed E-state index contributed by atoms with van der Waals surface area (Å²) >= 11 is 0. The van der Waals surface area contributed by atoms with Crippen LogP contribution in [-0.2, 0) is 4.79 Å². The van der Waals surface area contributed by atoms with Crippen LogP contribution in [0, 0.1) is 11.8 Å². The van der Waals surface area contributed by atoms with E-state index < -0.39 is 0 Å². The Morgan fingerprint density at radius 2 is 2.23 bits per heavy atom. The van der Waals surface area contributed by atoms with Crippen LogP contribution in [0.3, 0.4) is 0 Å². The zero-order valence-electron chi connectivity index (χ0n) is 8.84. The van der Waals surface area contributed by atoms with Crippen molar-refractivity contribution < 1.29 is 4.79 Å². The molecule has 1 amide bonds. The maximum Gasteiger partial charge on any atom is 0.236 e. The van der Waals surface area contributed by atoms with Gasteiger partial charge in [0, 0.05) is 20.5 Å². The van der Waals surface area contributed by atoms with Gasteiger partial charge in [0.05, 0.1) is 0 Å². The summed E-state index contributed by atoms with van der Waals surface area (Å²) < 4.78 is 0. The minimum Gasteiger partial charge on any atom is -0.281 e. The van der Waals surface area contributed by atoms with Crippen molar-refractivity contribution in [2.45, 2.75) is 32.6 Å². The lowest BCUT2D eigenvalue weighted by Crippen LogP contribution is -2.36. The van der Waals surface area contributed by atoms with Crippen LogP contribution in [0.15, 0.2) is 0 Å². The molecule has 0 aliphatic heterocycles. The molecule has 1 aliphatic rings. The number of carbonyl (C=O) groups excluding carboxylic acids is 1. The number of rotatable bonds is 5. The summed E-state index contributed by atoms with van der Waals surface area (Å²) in [6.45, 7) is 2.25. The smallest absolute Gasteiger partial charge is 0.236 e. The quantitative estimate of drug-likeness (QED) is 0.655. The van der Waals surface area contributed by atoms with Gasteiger partial charge in [-0.05, 0) is 31.1 Å². The predicted octanol–water partition coefficient (Wildman–Crippen LogP) is 1.41. The number of carbonyl (C=O) groups is 1. The van der Waals surface area contributed by atoms with Crippen LogP contribution in [0.1, 0.15) is 32.6 Å². The van der Waals surface area contributed by atoms with E-state index >= 15 is 0 Å². The Balaban J connectivity index is 2.13. The molecular weight excluding hydrogens is 164 g/mol. The van der Waals surface area contributed by atoms with E-state index in [9.17, 15) is 4.79 Å². The van der Waals surface area contributed by atoms with Crippen molar-refractivity contribution in [1.82, 2.24) is 10.4 Å². The van der Waals surface area contributed by atoms with E-state index in [0.717, 1.165) is 18.3 Å². The van der Waals surface area contributed by atoms with Crippen molar-refractivity contribution in [3.8, 4) is 0 Å². The minimum atomic E-state index is 0.190. The molecule has 1 fully saturated rings. The van der Waals surface area contributed by atoms with Crippen molar-refractivity contribution in [1.29, 1.82) is 0 Å². The third kappa shape index (κ3) is 3.35. The van der Waals surface area contributed by atoms with Gasteiger partial charge in [0.1, 0.15) is 0 Å².